The van der Waals surface area contributed by atoms with E-state index in [-0.39, 0.29) is 5.56 Å². The Labute approximate surface area is 249 Å². The van der Waals surface area contributed by atoms with Gasteiger partial charge < -0.3 is 4.74 Å². The topological polar surface area (TPSA) is 9.23 Å². The Kier molecular flexibility index (Phi) is 9.13. The Morgan fingerprint density at radius 1 is 0.682 bits per heavy atom. The molecule has 0 bridgehead atoms. The Bertz CT molecular complexity index is 1630. The molecule has 230 valence electrons. The van der Waals surface area contributed by atoms with Crippen LogP contribution in [0.25, 0.3) is 22.3 Å². The zero-order valence-electron chi connectivity index (χ0n) is 23.6. The van der Waals surface area contributed by atoms with Crippen LogP contribution in [-0.4, -0.2) is 0 Å². The van der Waals surface area contributed by atoms with Gasteiger partial charge in [-0.05, 0) is 103 Å². The molecule has 0 unspecified atom stereocenters. The molecule has 1 fully saturated rings. The molecule has 0 heterocycles. The second-order valence-corrected chi connectivity index (χ2v) is 10.9. The zero-order valence-corrected chi connectivity index (χ0v) is 23.6. The number of hydrogen-bond acceptors (Lipinski definition) is 1. The lowest BCUT2D eigenvalue weighted by Gasteiger charge is -2.27. The fourth-order valence-corrected chi connectivity index (χ4v) is 5.64. The highest BCUT2D eigenvalue weighted by atomic mass is 19.3. The average molecular weight is 617 g/mol. The molecular weight excluding hydrogens is 588 g/mol. The van der Waals surface area contributed by atoms with Crippen molar-refractivity contribution in [2.24, 2.45) is 5.92 Å². The highest BCUT2D eigenvalue weighted by Gasteiger charge is 2.41. The van der Waals surface area contributed by atoms with Crippen molar-refractivity contribution in [3.63, 3.8) is 0 Å². The maximum atomic E-state index is 15.0. The first-order valence-electron chi connectivity index (χ1n) is 14.2. The van der Waals surface area contributed by atoms with Gasteiger partial charge in [0, 0.05) is 11.6 Å². The first-order chi connectivity index (χ1) is 21.0. The van der Waals surface area contributed by atoms with E-state index in [0.717, 1.165) is 61.9 Å². The zero-order chi connectivity index (χ0) is 31.6. The number of halogens is 8. The third-order valence-electron chi connectivity index (χ3n) is 7.95. The minimum Gasteiger partial charge on any atom is -0.429 e. The molecule has 44 heavy (non-hydrogen) atoms. The predicted molar refractivity (Wildman–Crippen MR) is 152 cm³/mol. The van der Waals surface area contributed by atoms with Crippen molar-refractivity contribution in [3.05, 3.63) is 125 Å². The van der Waals surface area contributed by atoms with Gasteiger partial charge in [0.1, 0.15) is 28.8 Å². The molecule has 0 radical (unpaired) electrons. The van der Waals surface area contributed by atoms with Gasteiger partial charge in [-0.1, -0.05) is 43.3 Å². The summed E-state index contributed by atoms with van der Waals surface area (Å²) in [5.74, 6) is -9.15. The summed E-state index contributed by atoms with van der Waals surface area (Å²) in [6.45, 7) is 2.10. The highest BCUT2D eigenvalue weighted by Crippen LogP contribution is 2.40. The van der Waals surface area contributed by atoms with Crippen molar-refractivity contribution in [1.29, 1.82) is 0 Å². The Balaban J connectivity index is 1.31. The van der Waals surface area contributed by atoms with E-state index in [9.17, 15) is 35.1 Å². The molecule has 0 N–H and O–H groups in total. The van der Waals surface area contributed by atoms with Gasteiger partial charge in [-0.25, -0.2) is 26.3 Å². The van der Waals surface area contributed by atoms with Crippen molar-refractivity contribution in [2.75, 3.05) is 0 Å². The molecule has 1 aliphatic carbocycles. The van der Waals surface area contributed by atoms with E-state index in [1.807, 2.05) is 12.1 Å². The molecule has 0 atom stereocenters. The molecule has 9 heteroatoms. The van der Waals surface area contributed by atoms with Gasteiger partial charge in [0.2, 0.25) is 0 Å². The third kappa shape index (κ3) is 6.66. The number of rotatable bonds is 8. The fraction of sp³-hybridized carbons (Fsp3) is 0.257. The lowest BCUT2D eigenvalue weighted by molar-refractivity contribution is -0.189. The van der Waals surface area contributed by atoms with Crippen LogP contribution in [0, 0.1) is 40.8 Å². The van der Waals surface area contributed by atoms with Crippen LogP contribution in [0.4, 0.5) is 35.1 Å². The van der Waals surface area contributed by atoms with E-state index >= 15 is 0 Å². The number of ether oxygens (including phenoxy) is 1. The summed E-state index contributed by atoms with van der Waals surface area (Å²) in [5, 5.41) is 0. The summed E-state index contributed by atoms with van der Waals surface area (Å²) in [5.41, 5.74) is -0.911. The first-order valence-corrected chi connectivity index (χ1v) is 14.2. The molecule has 0 aliphatic heterocycles. The molecule has 4 aromatic rings. The van der Waals surface area contributed by atoms with Gasteiger partial charge in [-0.2, -0.15) is 8.78 Å². The summed E-state index contributed by atoms with van der Waals surface area (Å²) in [7, 11) is 0. The van der Waals surface area contributed by atoms with E-state index < -0.39 is 63.5 Å². The van der Waals surface area contributed by atoms with Crippen molar-refractivity contribution in [1.82, 2.24) is 0 Å². The summed E-state index contributed by atoms with van der Waals surface area (Å²) >= 11 is 0. The van der Waals surface area contributed by atoms with E-state index in [1.54, 1.807) is 12.1 Å². The van der Waals surface area contributed by atoms with Crippen molar-refractivity contribution < 1.29 is 39.9 Å². The van der Waals surface area contributed by atoms with Crippen LogP contribution in [0.3, 0.4) is 0 Å². The molecule has 1 saturated carbocycles. The van der Waals surface area contributed by atoms with E-state index in [1.165, 1.54) is 0 Å². The Hall–Kier alpha value is -4.14. The van der Waals surface area contributed by atoms with Gasteiger partial charge in [-0.3, -0.25) is 0 Å². The van der Waals surface area contributed by atoms with Crippen molar-refractivity contribution >= 4 is 0 Å². The van der Waals surface area contributed by atoms with Crippen LogP contribution in [0.15, 0.2) is 78.9 Å². The molecule has 0 saturated heterocycles. The SMILES string of the molecule is CCC=CC1CCC(c2ccc(-c3cc(F)c(C(F)(F)Oc4ccc(-c5cc(F)c(F)c(F)c5)c(F)c4)c(F)c3)cc2)CC1. The van der Waals surface area contributed by atoms with Crippen LogP contribution >= 0.6 is 0 Å². The molecule has 0 amide bonds. The standard InChI is InChI=1S/C35H28F8O/c1-2-3-4-20-5-7-21(8-6-20)22-9-11-23(12-10-22)24-15-29(37)33(30(38)16-24)35(42,43)44-26-13-14-27(28(36)19-26)25-17-31(39)34(41)32(40)18-25/h3-4,9-21H,2,5-8H2,1H3. The van der Waals surface area contributed by atoms with Crippen LogP contribution in [0.1, 0.15) is 56.1 Å². The summed E-state index contributed by atoms with van der Waals surface area (Å²) < 4.78 is 119. The quantitative estimate of drug-likeness (QED) is 0.109. The minimum atomic E-state index is -4.55. The number of benzene rings is 4. The summed E-state index contributed by atoms with van der Waals surface area (Å²) in [4.78, 5) is 0. The van der Waals surface area contributed by atoms with Crippen molar-refractivity contribution in [2.45, 2.75) is 51.1 Å². The maximum absolute atomic E-state index is 15.0. The van der Waals surface area contributed by atoms with Crippen LogP contribution in [0.2, 0.25) is 0 Å². The molecule has 0 aromatic heterocycles. The van der Waals surface area contributed by atoms with Gasteiger partial charge >= 0.3 is 6.11 Å². The number of hydrogen-bond donors (Lipinski definition) is 0. The summed E-state index contributed by atoms with van der Waals surface area (Å²) in [6.07, 6.45) is 5.15. The maximum Gasteiger partial charge on any atom is 0.432 e. The van der Waals surface area contributed by atoms with Gasteiger partial charge in [-0.15, -0.1) is 0 Å². The molecule has 5 rings (SSSR count). The van der Waals surface area contributed by atoms with Crippen molar-refractivity contribution in [3.8, 4) is 28.0 Å². The number of allylic oxidation sites excluding steroid dienone is 2. The van der Waals surface area contributed by atoms with Gasteiger partial charge in [0.05, 0.1) is 0 Å². The first kappa shape index (κ1) is 31.3. The van der Waals surface area contributed by atoms with E-state index in [0.29, 0.717) is 35.6 Å². The van der Waals surface area contributed by atoms with E-state index in [2.05, 4.69) is 23.8 Å². The molecule has 0 spiro atoms. The molecule has 1 aliphatic rings. The monoisotopic (exact) mass is 616 g/mol. The summed E-state index contributed by atoms with van der Waals surface area (Å²) in [6, 6.07) is 11.9. The lowest BCUT2D eigenvalue weighted by Crippen LogP contribution is -2.25. The molecule has 4 aromatic carbocycles. The Morgan fingerprint density at radius 3 is 1.84 bits per heavy atom. The molecular formula is C35H28F8O. The van der Waals surface area contributed by atoms with Gasteiger partial charge in [0.15, 0.2) is 17.5 Å². The second kappa shape index (κ2) is 12.8. The van der Waals surface area contributed by atoms with Crippen LogP contribution in [0.5, 0.6) is 5.75 Å². The molecule has 1 nitrogen and oxygen atoms in total. The largest absolute Gasteiger partial charge is 0.432 e. The number of alkyl halides is 2. The fourth-order valence-electron chi connectivity index (χ4n) is 5.64. The van der Waals surface area contributed by atoms with Crippen LogP contribution in [-0.2, 0) is 6.11 Å². The normalized spacial score (nSPS) is 17.3. The van der Waals surface area contributed by atoms with E-state index in [4.69, 9.17) is 0 Å². The van der Waals surface area contributed by atoms with Crippen LogP contribution < -0.4 is 4.74 Å². The average Bonchev–Trinajstić information content (AvgIpc) is 2.98. The lowest BCUT2D eigenvalue weighted by atomic mass is 9.78. The predicted octanol–water partition coefficient (Wildman–Crippen LogP) is 11.2. The minimum absolute atomic E-state index is 0.0497. The second-order valence-electron chi connectivity index (χ2n) is 10.9. The third-order valence-corrected chi connectivity index (χ3v) is 7.95. The van der Waals surface area contributed by atoms with Gasteiger partial charge in [0.25, 0.3) is 0 Å². The highest BCUT2D eigenvalue weighted by molar-refractivity contribution is 5.66. The Morgan fingerprint density at radius 2 is 1.27 bits per heavy atom. The smallest absolute Gasteiger partial charge is 0.429 e.